The first-order chi connectivity index (χ1) is 9.61. The Balaban J connectivity index is 2.01. The van der Waals surface area contributed by atoms with E-state index in [2.05, 4.69) is 43.0 Å². The van der Waals surface area contributed by atoms with Crippen LogP contribution in [-0.2, 0) is 11.3 Å². The fraction of sp³-hybridized carbons (Fsp3) is 0.562. The average molecular weight is 295 g/mol. The quantitative estimate of drug-likeness (QED) is 0.780. The van der Waals surface area contributed by atoms with Crippen molar-refractivity contribution in [3.63, 3.8) is 0 Å². The van der Waals surface area contributed by atoms with E-state index in [1.165, 1.54) is 5.56 Å². The number of rotatable bonds is 5. The number of hydrogen-bond acceptors (Lipinski definition) is 2. The molecule has 1 aromatic rings. The van der Waals surface area contributed by atoms with Crippen molar-refractivity contribution in [1.29, 1.82) is 0 Å². The van der Waals surface area contributed by atoms with Crippen molar-refractivity contribution in [2.75, 3.05) is 19.0 Å². The van der Waals surface area contributed by atoms with Crippen LogP contribution in [0.5, 0.6) is 0 Å². The molecule has 0 aliphatic carbocycles. The van der Waals surface area contributed by atoms with Crippen LogP contribution in [0.4, 0.5) is 0 Å². The van der Waals surface area contributed by atoms with E-state index in [1.807, 2.05) is 11.0 Å². The van der Waals surface area contributed by atoms with Crippen molar-refractivity contribution in [2.45, 2.75) is 38.9 Å². The fourth-order valence-corrected chi connectivity index (χ4v) is 3.02. The first-order valence-corrected chi connectivity index (χ1v) is 7.78. The molecule has 110 valence electrons. The zero-order valence-corrected chi connectivity index (χ0v) is 13.0. The van der Waals surface area contributed by atoms with Crippen LogP contribution in [-0.4, -0.2) is 46.8 Å². The van der Waals surface area contributed by atoms with Crippen molar-refractivity contribution in [3.05, 3.63) is 35.9 Å². The molecule has 0 saturated carbocycles. The standard InChI is InChI=1S/C16H23ClN2O/c1-13(2)19(11-14-6-4-3-5-7-14)15-8-9-18(12-15)16(20)10-17/h3-7,13,15H,8-12H2,1-2H3. The highest BCUT2D eigenvalue weighted by molar-refractivity contribution is 6.27. The SMILES string of the molecule is CC(C)N(Cc1ccccc1)C1CCN(C(=O)CCl)C1. The molecular formula is C16H23ClN2O. The maximum atomic E-state index is 11.7. The normalized spacial score (nSPS) is 19.1. The van der Waals surface area contributed by atoms with Crippen LogP contribution < -0.4 is 0 Å². The number of halogens is 1. The topological polar surface area (TPSA) is 23.6 Å². The molecule has 0 bridgehead atoms. The summed E-state index contributed by atoms with van der Waals surface area (Å²) in [5.74, 6) is 0.144. The monoisotopic (exact) mass is 294 g/mol. The maximum absolute atomic E-state index is 11.7. The zero-order chi connectivity index (χ0) is 14.5. The summed E-state index contributed by atoms with van der Waals surface area (Å²) in [5.41, 5.74) is 1.32. The number of carbonyl (C=O) groups is 1. The van der Waals surface area contributed by atoms with Gasteiger partial charge in [0.15, 0.2) is 0 Å². The fourth-order valence-electron chi connectivity index (χ4n) is 2.85. The van der Waals surface area contributed by atoms with Gasteiger partial charge >= 0.3 is 0 Å². The van der Waals surface area contributed by atoms with E-state index in [1.54, 1.807) is 0 Å². The Bertz CT molecular complexity index is 435. The van der Waals surface area contributed by atoms with Gasteiger partial charge in [0, 0.05) is 31.7 Å². The van der Waals surface area contributed by atoms with Crippen molar-refractivity contribution in [2.24, 2.45) is 0 Å². The highest BCUT2D eigenvalue weighted by Gasteiger charge is 2.31. The minimum atomic E-state index is 0.0533. The summed E-state index contributed by atoms with van der Waals surface area (Å²) in [5, 5.41) is 0. The van der Waals surface area contributed by atoms with Crippen molar-refractivity contribution in [1.82, 2.24) is 9.80 Å². The minimum absolute atomic E-state index is 0.0533. The average Bonchev–Trinajstić information content (AvgIpc) is 2.94. The molecular weight excluding hydrogens is 272 g/mol. The van der Waals surface area contributed by atoms with Gasteiger partial charge in [-0.3, -0.25) is 9.69 Å². The second kappa shape index (κ2) is 7.09. The lowest BCUT2D eigenvalue weighted by Gasteiger charge is -2.32. The maximum Gasteiger partial charge on any atom is 0.237 e. The number of likely N-dealkylation sites (tertiary alicyclic amines) is 1. The number of alkyl halides is 1. The molecule has 0 radical (unpaired) electrons. The van der Waals surface area contributed by atoms with Crippen molar-refractivity contribution < 1.29 is 4.79 Å². The van der Waals surface area contributed by atoms with Gasteiger partial charge in [0.1, 0.15) is 5.88 Å². The molecule has 4 heteroatoms. The van der Waals surface area contributed by atoms with Crippen LogP contribution >= 0.6 is 11.6 Å². The van der Waals surface area contributed by atoms with E-state index in [9.17, 15) is 4.79 Å². The van der Waals surface area contributed by atoms with Crippen LogP contribution in [0, 0.1) is 0 Å². The van der Waals surface area contributed by atoms with E-state index >= 15 is 0 Å². The summed E-state index contributed by atoms with van der Waals surface area (Å²) in [6, 6.07) is 11.4. The molecule has 20 heavy (non-hydrogen) atoms. The molecule has 1 aliphatic rings. The predicted octanol–water partition coefficient (Wildman–Crippen LogP) is 2.74. The van der Waals surface area contributed by atoms with Crippen molar-refractivity contribution in [3.8, 4) is 0 Å². The Morgan fingerprint density at radius 3 is 2.70 bits per heavy atom. The number of hydrogen-bond donors (Lipinski definition) is 0. The van der Waals surface area contributed by atoms with Crippen LogP contribution in [0.3, 0.4) is 0 Å². The van der Waals surface area contributed by atoms with Gasteiger partial charge in [-0.2, -0.15) is 0 Å². The number of nitrogens with zero attached hydrogens (tertiary/aromatic N) is 2. The molecule has 1 amide bonds. The molecule has 0 spiro atoms. The third-order valence-corrected chi connectivity index (χ3v) is 4.20. The summed E-state index contributed by atoms with van der Waals surface area (Å²) < 4.78 is 0. The van der Waals surface area contributed by atoms with E-state index in [0.29, 0.717) is 12.1 Å². The first kappa shape index (κ1) is 15.3. The van der Waals surface area contributed by atoms with Crippen LogP contribution in [0.2, 0.25) is 0 Å². The van der Waals surface area contributed by atoms with Gasteiger partial charge in [0.2, 0.25) is 5.91 Å². The van der Waals surface area contributed by atoms with Gasteiger partial charge in [0.05, 0.1) is 0 Å². The van der Waals surface area contributed by atoms with E-state index < -0.39 is 0 Å². The largest absolute Gasteiger partial charge is 0.340 e. The van der Waals surface area contributed by atoms with E-state index in [-0.39, 0.29) is 11.8 Å². The number of carbonyl (C=O) groups excluding carboxylic acids is 1. The Kier molecular flexibility index (Phi) is 5.44. The molecule has 1 atom stereocenters. The Hall–Kier alpha value is -1.06. The van der Waals surface area contributed by atoms with Gasteiger partial charge in [-0.25, -0.2) is 0 Å². The number of benzene rings is 1. The molecule has 1 saturated heterocycles. The lowest BCUT2D eigenvalue weighted by molar-refractivity contribution is -0.127. The van der Waals surface area contributed by atoms with Gasteiger partial charge in [-0.1, -0.05) is 30.3 Å². The van der Waals surface area contributed by atoms with Crippen LogP contribution in [0.25, 0.3) is 0 Å². The third-order valence-electron chi connectivity index (χ3n) is 3.97. The Morgan fingerprint density at radius 2 is 2.10 bits per heavy atom. The summed E-state index contributed by atoms with van der Waals surface area (Å²) >= 11 is 5.65. The van der Waals surface area contributed by atoms with E-state index in [4.69, 9.17) is 11.6 Å². The smallest absolute Gasteiger partial charge is 0.237 e. The summed E-state index contributed by atoms with van der Waals surface area (Å²) in [6.07, 6.45) is 1.04. The minimum Gasteiger partial charge on any atom is -0.340 e. The lowest BCUT2D eigenvalue weighted by atomic mass is 10.1. The van der Waals surface area contributed by atoms with Gasteiger partial charge < -0.3 is 4.90 Å². The van der Waals surface area contributed by atoms with Gasteiger partial charge in [-0.15, -0.1) is 11.6 Å². The molecule has 0 aromatic heterocycles. The summed E-state index contributed by atoms with van der Waals surface area (Å²) in [6.45, 7) is 7.00. The second-order valence-corrected chi connectivity index (χ2v) is 5.93. The van der Waals surface area contributed by atoms with Gasteiger partial charge in [0.25, 0.3) is 0 Å². The second-order valence-electron chi connectivity index (χ2n) is 5.67. The molecule has 2 rings (SSSR count). The van der Waals surface area contributed by atoms with E-state index in [0.717, 1.165) is 26.1 Å². The third kappa shape index (κ3) is 3.74. The predicted molar refractivity (Wildman–Crippen MR) is 82.8 cm³/mol. The molecule has 1 unspecified atom stereocenters. The Morgan fingerprint density at radius 1 is 1.40 bits per heavy atom. The first-order valence-electron chi connectivity index (χ1n) is 7.25. The summed E-state index contributed by atoms with van der Waals surface area (Å²) in [7, 11) is 0. The summed E-state index contributed by atoms with van der Waals surface area (Å²) in [4.78, 5) is 16.1. The highest BCUT2D eigenvalue weighted by atomic mass is 35.5. The van der Waals surface area contributed by atoms with Crippen LogP contribution in [0.1, 0.15) is 25.8 Å². The van der Waals surface area contributed by atoms with Crippen LogP contribution in [0.15, 0.2) is 30.3 Å². The molecule has 3 nitrogen and oxygen atoms in total. The molecule has 1 aromatic carbocycles. The molecule has 0 N–H and O–H groups in total. The lowest BCUT2D eigenvalue weighted by Crippen LogP contribution is -2.42. The Labute approximate surface area is 126 Å². The number of amides is 1. The molecule has 1 fully saturated rings. The molecule has 1 heterocycles. The van der Waals surface area contributed by atoms with Crippen molar-refractivity contribution >= 4 is 17.5 Å². The highest BCUT2D eigenvalue weighted by Crippen LogP contribution is 2.21. The van der Waals surface area contributed by atoms with Gasteiger partial charge in [-0.05, 0) is 25.8 Å². The zero-order valence-electron chi connectivity index (χ0n) is 12.3. The molecule has 1 aliphatic heterocycles.